The van der Waals surface area contributed by atoms with Gasteiger partial charge in [0.15, 0.2) is 0 Å². The van der Waals surface area contributed by atoms with Crippen molar-refractivity contribution in [3.8, 4) is 5.75 Å². The van der Waals surface area contributed by atoms with Crippen molar-refractivity contribution in [3.63, 3.8) is 0 Å². The highest BCUT2D eigenvalue weighted by Crippen LogP contribution is 2.35. The van der Waals surface area contributed by atoms with E-state index in [9.17, 15) is 14.4 Å². The molecule has 5 heterocycles. The van der Waals surface area contributed by atoms with Gasteiger partial charge in [0.05, 0.1) is 30.0 Å². The van der Waals surface area contributed by atoms with Gasteiger partial charge >= 0.3 is 6.09 Å². The smallest absolute Gasteiger partial charge is 0.414 e. The number of ether oxygens (including phenoxy) is 2. The molecule has 0 unspecified atom stereocenters. The molecule has 0 bridgehead atoms. The van der Waals surface area contributed by atoms with Crippen molar-refractivity contribution in [3.05, 3.63) is 52.9 Å². The molecule has 2 amide bonds. The van der Waals surface area contributed by atoms with Crippen LogP contribution < -0.4 is 25.8 Å². The van der Waals surface area contributed by atoms with E-state index in [-0.39, 0.29) is 23.7 Å². The summed E-state index contributed by atoms with van der Waals surface area (Å²) in [4.78, 5) is 43.4. The summed E-state index contributed by atoms with van der Waals surface area (Å²) >= 11 is 1.48. The molecular formula is C23H21N5O5S. The second kappa shape index (κ2) is 8.33. The van der Waals surface area contributed by atoms with Crippen molar-refractivity contribution in [2.45, 2.75) is 23.6 Å². The molecule has 0 spiro atoms. The Kier molecular flexibility index (Phi) is 5.15. The average molecular weight is 480 g/mol. The maximum Gasteiger partial charge on any atom is 0.414 e. The van der Waals surface area contributed by atoms with Gasteiger partial charge in [0.2, 0.25) is 5.91 Å². The monoisotopic (exact) mass is 479 g/mol. The zero-order valence-corrected chi connectivity index (χ0v) is 18.8. The molecule has 0 aliphatic carbocycles. The molecule has 0 saturated carbocycles. The normalized spacial score (nSPS) is 21.1. The number of cyclic esters (lactones) is 1. The van der Waals surface area contributed by atoms with Gasteiger partial charge in [-0.25, -0.2) is 4.79 Å². The van der Waals surface area contributed by atoms with Crippen LogP contribution in [0.2, 0.25) is 0 Å². The van der Waals surface area contributed by atoms with Crippen molar-refractivity contribution in [2.75, 3.05) is 35.6 Å². The SMILES string of the molecule is O=C1CSc2ccc(N3C[C@@H](CNC[C@@H]4Cn5c(=O)ccc6nccc(c65)O4)OC3=O)cc2N1. The topological polar surface area (TPSA) is 115 Å². The summed E-state index contributed by atoms with van der Waals surface area (Å²) < 4.78 is 13.3. The van der Waals surface area contributed by atoms with Crippen molar-refractivity contribution in [1.29, 1.82) is 0 Å². The molecule has 174 valence electrons. The Morgan fingerprint density at radius 2 is 1.91 bits per heavy atom. The van der Waals surface area contributed by atoms with Gasteiger partial charge < -0.3 is 20.1 Å². The van der Waals surface area contributed by atoms with Crippen LogP contribution in [0, 0.1) is 0 Å². The molecule has 0 radical (unpaired) electrons. The molecule has 6 rings (SSSR count). The second-order valence-corrected chi connectivity index (χ2v) is 9.37. The maximum atomic E-state index is 12.5. The third kappa shape index (κ3) is 3.76. The molecule has 1 aromatic carbocycles. The number of hydrogen-bond acceptors (Lipinski definition) is 8. The van der Waals surface area contributed by atoms with Crippen LogP contribution >= 0.6 is 11.8 Å². The third-order valence-corrected chi connectivity index (χ3v) is 7.11. The Bertz CT molecular complexity index is 1380. The molecule has 1 fully saturated rings. The molecule has 3 aromatic rings. The van der Waals surface area contributed by atoms with Gasteiger partial charge in [-0.3, -0.25) is 24.0 Å². The number of anilines is 2. The summed E-state index contributed by atoms with van der Waals surface area (Å²) in [7, 11) is 0. The lowest BCUT2D eigenvalue weighted by atomic mass is 10.2. The van der Waals surface area contributed by atoms with Crippen molar-refractivity contribution in [1.82, 2.24) is 14.9 Å². The first-order valence-electron chi connectivity index (χ1n) is 11.0. The number of nitrogens with zero attached hydrogens (tertiary/aromatic N) is 3. The fourth-order valence-corrected chi connectivity index (χ4v) is 5.27. The number of amides is 2. The minimum Gasteiger partial charge on any atom is -0.485 e. The zero-order valence-electron chi connectivity index (χ0n) is 18.0. The Balaban J connectivity index is 1.08. The average Bonchev–Trinajstić information content (AvgIpc) is 3.21. The molecule has 3 aliphatic heterocycles. The van der Waals surface area contributed by atoms with Crippen LogP contribution in [0.4, 0.5) is 16.2 Å². The first-order valence-corrected chi connectivity index (χ1v) is 11.9. The Hall–Kier alpha value is -3.57. The van der Waals surface area contributed by atoms with Crippen LogP contribution in [-0.2, 0) is 16.1 Å². The van der Waals surface area contributed by atoms with Gasteiger partial charge in [-0.15, -0.1) is 11.8 Å². The summed E-state index contributed by atoms with van der Waals surface area (Å²) in [6, 6.07) is 10.6. The maximum absolute atomic E-state index is 12.5. The van der Waals surface area contributed by atoms with Crippen molar-refractivity contribution >= 4 is 46.2 Å². The van der Waals surface area contributed by atoms with Crippen LogP contribution in [0.15, 0.2) is 52.3 Å². The molecular weight excluding hydrogens is 458 g/mol. The number of carbonyl (C=O) groups is 2. The fourth-order valence-electron chi connectivity index (χ4n) is 4.48. The van der Waals surface area contributed by atoms with Crippen molar-refractivity contribution in [2.24, 2.45) is 0 Å². The van der Waals surface area contributed by atoms with E-state index in [1.54, 1.807) is 33.9 Å². The highest BCUT2D eigenvalue weighted by molar-refractivity contribution is 8.00. The van der Waals surface area contributed by atoms with Gasteiger partial charge in [-0.1, -0.05) is 0 Å². The summed E-state index contributed by atoms with van der Waals surface area (Å²) in [5.74, 6) is 0.975. The molecule has 2 aromatic heterocycles. The Morgan fingerprint density at radius 1 is 1.06 bits per heavy atom. The summed E-state index contributed by atoms with van der Waals surface area (Å²) in [6.07, 6.45) is 0.668. The lowest BCUT2D eigenvalue weighted by Gasteiger charge is -2.27. The fraction of sp³-hybridized carbons (Fsp3) is 0.304. The van der Waals surface area contributed by atoms with E-state index in [2.05, 4.69) is 15.6 Å². The van der Waals surface area contributed by atoms with E-state index >= 15 is 0 Å². The van der Waals surface area contributed by atoms with Crippen LogP contribution in [-0.4, -0.2) is 59.1 Å². The van der Waals surface area contributed by atoms with Gasteiger partial charge in [-0.05, 0) is 24.3 Å². The van der Waals surface area contributed by atoms with E-state index in [1.807, 2.05) is 12.1 Å². The first kappa shape index (κ1) is 21.0. The zero-order chi connectivity index (χ0) is 23.2. The summed E-state index contributed by atoms with van der Waals surface area (Å²) in [5.41, 5.74) is 2.74. The number of thioether (sulfide) groups is 1. The van der Waals surface area contributed by atoms with E-state index in [0.717, 1.165) is 10.4 Å². The number of hydrogen-bond donors (Lipinski definition) is 2. The molecule has 34 heavy (non-hydrogen) atoms. The second-order valence-electron chi connectivity index (χ2n) is 8.36. The molecule has 2 atom stereocenters. The van der Waals surface area contributed by atoms with Crippen LogP contribution in [0.25, 0.3) is 11.0 Å². The van der Waals surface area contributed by atoms with Gasteiger partial charge in [0.25, 0.3) is 5.56 Å². The van der Waals surface area contributed by atoms with Crippen LogP contribution in [0.5, 0.6) is 5.75 Å². The Morgan fingerprint density at radius 3 is 2.79 bits per heavy atom. The highest BCUT2D eigenvalue weighted by Gasteiger charge is 2.33. The third-order valence-electron chi connectivity index (χ3n) is 6.04. The lowest BCUT2D eigenvalue weighted by Crippen LogP contribution is -2.42. The molecule has 2 N–H and O–H groups in total. The predicted octanol–water partition coefficient (Wildman–Crippen LogP) is 1.82. The van der Waals surface area contributed by atoms with Crippen molar-refractivity contribution < 1.29 is 19.1 Å². The lowest BCUT2D eigenvalue weighted by molar-refractivity contribution is -0.113. The molecule has 3 aliphatic rings. The van der Waals surface area contributed by atoms with Gasteiger partial charge in [0, 0.05) is 42.0 Å². The minimum absolute atomic E-state index is 0.0527. The quantitative estimate of drug-likeness (QED) is 0.570. The van der Waals surface area contributed by atoms with E-state index < -0.39 is 6.09 Å². The largest absolute Gasteiger partial charge is 0.485 e. The van der Waals surface area contributed by atoms with E-state index in [1.165, 1.54) is 17.8 Å². The Labute approximate surface area is 198 Å². The summed E-state index contributed by atoms with van der Waals surface area (Å²) in [5, 5.41) is 6.15. The van der Waals surface area contributed by atoms with Crippen LogP contribution in [0.3, 0.4) is 0 Å². The highest BCUT2D eigenvalue weighted by atomic mass is 32.2. The summed E-state index contributed by atoms with van der Waals surface area (Å²) in [6.45, 7) is 1.74. The number of fused-ring (bicyclic) bond motifs is 1. The number of benzene rings is 1. The number of pyridine rings is 2. The standard InChI is InChI=1S/C23H21N5O5S/c29-20-12-34-19-3-1-13(7-17(19)26-20)27-10-15(33-23(27)31)9-24-8-14-11-28-21(30)4-2-16-22(28)18(32-14)5-6-25-16/h1-7,14-15,24H,8-12H2,(H,26,29)/t14-,15-/m1/s1. The number of aromatic nitrogens is 2. The minimum atomic E-state index is -0.421. The molecule has 11 heteroatoms. The number of nitrogens with one attached hydrogen (secondary N) is 2. The van der Waals surface area contributed by atoms with Crippen LogP contribution in [0.1, 0.15) is 0 Å². The first-order chi connectivity index (χ1) is 16.5. The molecule has 1 saturated heterocycles. The van der Waals surface area contributed by atoms with Gasteiger partial charge in [-0.2, -0.15) is 0 Å². The van der Waals surface area contributed by atoms with E-state index in [4.69, 9.17) is 9.47 Å². The number of rotatable bonds is 5. The van der Waals surface area contributed by atoms with Gasteiger partial charge in [0.1, 0.15) is 23.5 Å². The molecule has 10 nitrogen and oxygen atoms in total. The van der Waals surface area contributed by atoms with E-state index in [0.29, 0.717) is 54.6 Å². The predicted molar refractivity (Wildman–Crippen MR) is 127 cm³/mol. The number of carbonyl (C=O) groups excluding carboxylic acids is 2.